The fourth-order valence-electron chi connectivity index (χ4n) is 2.88. The summed E-state index contributed by atoms with van der Waals surface area (Å²) in [5, 5.41) is 2.60. The number of hydrogen-bond acceptors (Lipinski definition) is 3. The van der Waals surface area contributed by atoms with Gasteiger partial charge in [-0.2, -0.15) is 0 Å². The summed E-state index contributed by atoms with van der Waals surface area (Å²) in [4.78, 5) is 32.9. The number of halogens is 1. The number of allylic oxidation sites excluding steroid dienone is 1. The molecule has 0 unspecified atom stereocenters. The van der Waals surface area contributed by atoms with Crippen molar-refractivity contribution >= 4 is 28.8 Å². The molecule has 0 aliphatic carbocycles. The number of benzene rings is 3. The van der Waals surface area contributed by atoms with E-state index in [9.17, 15) is 14.0 Å². The monoisotopic (exact) mass is 385 g/mol. The maximum absolute atomic E-state index is 14.2. The summed E-state index contributed by atoms with van der Waals surface area (Å²) < 4.78 is 14.2. The van der Waals surface area contributed by atoms with Crippen LogP contribution >= 0.6 is 0 Å². The number of nitrogens with zero attached hydrogens (tertiary/aromatic N) is 1. The van der Waals surface area contributed by atoms with Gasteiger partial charge in [0.2, 0.25) is 5.78 Å². The van der Waals surface area contributed by atoms with E-state index in [1.165, 1.54) is 18.2 Å². The molecular weight excluding hydrogens is 369 g/mol. The van der Waals surface area contributed by atoms with Crippen LogP contribution < -0.4 is 5.32 Å². The second-order valence-electron chi connectivity index (χ2n) is 6.33. The maximum Gasteiger partial charge on any atom is 0.255 e. The first-order valence-electron chi connectivity index (χ1n) is 8.94. The number of H-pyrrole nitrogens is 1. The summed E-state index contributed by atoms with van der Waals surface area (Å²) in [6.45, 7) is 0. The Hall–Kier alpha value is -4.06. The highest BCUT2D eigenvalue weighted by Crippen LogP contribution is 2.16. The van der Waals surface area contributed by atoms with Gasteiger partial charge >= 0.3 is 0 Å². The molecule has 0 saturated carbocycles. The summed E-state index contributed by atoms with van der Waals surface area (Å²) in [5.74, 6) is -1.47. The molecule has 2 N–H and O–H groups in total. The molecule has 1 amide bonds. The van der Waals surface area contributed by atoms with Crippen molar-refractivity contribution in [3.63, 3.8) is 0 Å². The second kappa shape index (κ2) is 7.90. The van der Waals surface area contributed by atoms with Crippen molar-refractivity contribution in [1.29, 1.82) is 0 Å². The molecule has 3 aromatic carbocycles. The lowest BCUT2D eigenvalue weighted by Gasteiger charge is -2.09. The Labute approximate surface area is 165 Å². The van der Waals surface area contributed by atoms with Gasteiger partial charge in [0.25, 0.3) is 5.91 Å². The van der Waals surface area contributed by atoms with Crippen molar-refractivity contribution in [2.45, 2.75) is 0 Å². The molecular formula is C23H16FN3O2. The molecule has 0 bridgehead atoms. The predicted molar refractivity (Wildman–Crippen MR) is 109 cm³/mol. The molecule has 4 rings (SSSR count). The Bertz CT molecular complexity index is 1200. The lowest BCUT2D eigenvalue weighted by Crippen LogP contribution is -2.28. The van der Waals surface area contributed by atoms with Crippen molar-refractivity contribution in [3.8, 4) is 0 Å². The van der Waals surface area contributed by atoms with E-state index in [1.807, 2.05) is 12.1 Å². The standard InChI is InChI=1S/C23H16FN3O2/c24-17-11-5-4-10-16(17)14-20(27-23(29)15-8-2-1-3-9-15)21(28)22-25-18-12-6-7-13-19(18)26-22/h1-14H,(H,25,26)(H,27,29). The van der Waals surface area contributed by atoms with Gasteiger partial charge in [-0.15, -0.1) is 0 Å². The molecule has 0 fully saturated rings. The number of aromatic amines is 1. The number of fused-ring (bicyclic) bond motifs is 1. The van der Waals surface area contributed by atoms with E-state index in [-0.39, 0.29) is 17.1 Å². The van der Waals surface area contributed by atoms with Gasteiger partial charge in [-0.25, -0.2) is 9.37 Å². The Kier molecular flexibility index (Phi) is 4.99. The summed E-state index contributed by atoms with van der Waals surface area (Å²) in [6, 6.07) is 21.7. The van der Waals surface area contributed by atoms with Crippen molar-refractivity contribution in [2.75, 3.05) is 0 Å². The van der Waals surface area contributed by atoms with Crippen LogP contribution in [0.4, 0.5) is 4.39 Å². The van der Waals surface area contributed by atoms with Gasteiger partial charge in [0.1, 0.15) is 5.82 Å². The molecule has 0 atom stereocenters. The van der Waals surface area contributed by atoms with Gasteiger partial charge in [-0.1, -0.05) is 48.5 Å². The number of amides is 1. The molecule has 142 valence electrons. The molecule has 0 aliphatic rings. The molecule has 6 heteroatoms. The highest BCUT2D eigenvalue weighted by atomic mass is 19.1. The average molecular weight is 385 g/mol. The molecule has 0 aliphatic heterocycles. The number of Topliss-reactive ketones (excluding diaryl/α,β-unsaturated/α-hetero) is 1. The zero-order chi connectivity index (χ0) is 20.2. The molecule has 29 heavy (non-hydrogen) atoms. The van der Waals surface area contributed by atoms with E-state index in [1.54, 1.807) is 54.6 Å². The second-order valence-corrected chi connectivity index (χ2v) is 6.33. The normalized spacial score (nSPS) is 11.4. The molecule has 4 aromatic rings. The fourth-order valence-corrected chi connectivity index (χ4v) is 2.88. The number of hydrogen-bond donors (Lipinski definition) is 2. The van der Waals surface area contributed by atoms with Gasteiger partial charge in [-0.3, -0.25) is 9.59 Å². The maximum atomic E-state index is 14.2. The molecule has 1 heterocycles. The van der Waals surface area contributed by atoms with Crippen LogP contribution in [0, 0.1) is 5.82 Å². The molecule has 0 spiro atoms. The summed E-state index contributed by atoms with van der Waals surface area (Å²) >= 11 is 0. The third-order valence-corrected chi connectivity index (χ3v) is 4.34. The van der Waals surface area contributed by atoms with Crippen molar-refractivity contribution in [2.24, 2.45) is 0 Å². The highest BCUT2D eigenvalue weighted by Gasteiger charge is 2.20. The van der Waals surface area contributed by atoms with Crippen molar-refractivity contribution < 1.29 is 14.0 Å². The van der Waals surface area contributed by atoms with Crippen LogP contribution in [-0.4, -0.2) is 21.7 Å². The zero-order valence-corrected chi connectivity index (χ0v) is 15.2. The number of aromatic nitrogens is 2. The van der Waals surface area contributed by atoms with Crippen molar-refractivity contribution in [1.82, 2.24) is 15.3 Å². The molecule has 0 saturated heterocycles. The Morgan fingerprint density at radius 3 is 2.34 bits per heavy atom. The predicted octanol–water partition coefficient (Wildman–Crippen LogP) is 4.36. The third kappa shape index (κ3) is 3.96. The lowest BCUT2D eigenvalue weighted by molar-refractivity contribution is 0.0931. The minimum atomic E-state index is -0.547. The number of nitrogens with one attached hydrogen (secondary N) is 2. The number of carbonyl (C=O) groups excluding carboxylic acids is 2. The lowest BCUT2D eigenvalue weighted by atomic mass is 10.1. The summed E-state index contributed by atoms with van der Waals surface area (Å²) in [6.07, 6.45) is 1.31. The number of rotatable bonds is 5. The first-order chi connectivity index (χ1) is 14.1. The van der Waals surface area contributed by atoms with Crippen molar-refractivity contribution in [3.05, 3.63) is 107 Å². The van der Waals surface area contributed by atoms with Crippen LogP contribution in [-0.2, 0) is 0 Å². The van der Waals surface area contributed by atoms with Crippen LogP contribution in [0.5, 0.6) is 0 Å². The van der Waals surface area contributed by atoms with Gasteiger partial charge < -0.3 is 10.3 Å². The van der Waals surface area contributed by atoms with Gasteiger partial charge in [0.05, 0.1) is 16.7 Å². The first-order valence-corrected chi connectivity index (χ1v) is 8.94. The average Bonchev–Trinajstić information content (AvgIpc) is 3.19. The smallest absolute Gasteiger partial charge is 0.255 e. The van der Waals surface area contributed by atoms with E-state index in [0.29, 0.717) is 16.6 Å². The molecule has 1 aromatic heterocycles. The Balaban J connectivity index is 1.74. The van der Waals surface area contributed by atoms with Crippen LogP contribution in [0.25, 0.3) is 17.1 Å². The van der Waals surface area contributed by atoms with E-state index >= 15 is 0 Å². The minimum absolute atomic E-state index is 0.0575. The SMILES string of the molecule is O=C(NC(=Cc1ccccc1F)C(=O)c1nc2ccccc2[nH]1)c1ccccc1. The van der Waals surface area contributed by atoms with Crippen LogP contribution in [0.3, 0.4) is 0 Å². The van der Waals surface area contributed by atoms with Crippen LogP contribution in [0.15, 0.2) is 84.6 Å². The van der Waals surface area contributed by atoms with E-state index < -0.39 is 17.5 Å². The Morgan fingerprint density at radius 1 is 0.897 bits per heavy atom. The van der Waals surface area contributed by atoms with E-state index in [0.717, 1.165) is 0 Å². The molecule has 0 radical (unpaired) electrons. The topological polar surface area (TPSA) is 74.8 Å². The van der Waals surface area contributed by atoms with Gasteiger partial charge in [0.15, 0.2) is 5.82 Å². The number of carbonyl (C=O) groups is 2. The largest absolute Gasteiger partial charge is 0.335 e. The highest BCUT2D eigenvalue weighted by molar-refractivity contribution is 6.13. The van der Waals surface area contributed by atoms with Crippen LogP contribution in [0.2, 0.25) is 0 Å². The minimum Gasteiger partial charge on any atom is -0.335 e. The number of para-hydroxylation sites is 2. The van der Waals surface area contributed by atoms with E-state index in [2.05, 4.69) is 15.3 Å². The summed E-state index contributed by atoms with van der Waals surface area (Å²) in [5.41, 5.74) is 1.79. The van der Waals surface area contributed by atoms with Crippen LogP contribution in [0.1, 0.15) is 26.5 Å². The quantitative estimate of drug-likeness (QED) is 0.396. The third-order valence-electron chi connectivity index (χ3n) is 4.34. The van der Waals surface area contributed by atoms with Gasteiger partial charge in [-0.05, 0) is 36.4 Å². The number of ketones is 1. The fraction of sp³-hybridized carbons (Fsp3) is 0. The first kappa shape index (κ1) is 18.3. The van der Waals surface area contributed by atoms with E-state index in [4.69, 9.17) is 0 Å². The molecule has 5 nitrogen and oxygen atoms in total. The Morgan fingerprint density at radius 2 is 1.59 bits per heavy atom. The zero-order valence-electron chi connectivity index (χ0n) is 15.2. The summed E-state index contributed by atoms with van der Waals surface area (Å²) in [7, 11) is 0. The van der Waals surface area contributed by atoms with Gasteiger partial charge in [0, 0.05) is 11.1 Å². The number of imidazole rings is 1.